The van der Waals surface area contributed by atoms with E-state index >= 15 is 0 Å². The molecule has 21 heavy (non-hydrogen) atoms. The molecule has 0 bridgehead atoms. The van der Waals surface area contributed by atoms with Crippen LogP contribution in [0.1, 0.15) is 20.3 Å². The number of ether oxygens (including phenoxy) is 1. The monoisotopic (exact) mass is 289 g/mol. The van der Waals surface area contributed by atoms with Crippen LogP contribution >= 0.6 is 0 Å². The summed E-state index contributed by atoms with van der Waals surface area (Å²) in [7, 11) is 1.73. The zero-order valence-electron chi connectivity index (χ0n) is 13.4. The molecule has 2 aliphatic heterocycles. The molecule has 2 saturated heterocycles. The van der Waals surface area contributed by atoms with E-state index in [0.717, 1.165) is 38.5 Å². The summed E-state index contributed by atoms with van der Waals surface area (Å²) >= 11 is 0. The molecule has 0 aliphatic carbocycles. The van der Waals surface area contributed by atoms with E-state index in [1.165, 1.54) is 12.1 Å². The standard InChI is InChI=1S/C17H27N3O/c1-17(2)12-15(13-18-17)20-9-7-19(8-10-20)14-5-4-6-16(11-14)21-3/h4-6,11,15,18H,7-10,12-13H2,1-3H3. The predicted octanol–water partition coefficient (Wildman–Crippen LogP) is 1.96. The fraction of sp³-hybridized carbons (Fsp3) is 0.647. The van der Waals surface area contributed by atoms with Crippen molar-refractivity contribution < 1.29 is 4.74 Å². The van der Waals surface area contributed by atoms with Crippen LogP contribution in [-0.2, 0) is 0 Å². The highest BCUT2D eigenvalue weighted by Gasteiger charge is 2.34. The number of piperazine rings is 1. The van der Waals surface area contributed by atoms with E-state index in [4.69, 9.17) is 4.74 Å². The molecule has 3 rings (SSSR count). The third-order valence-electron chi connectivity index (χ3n) is 4.81. The molecule has 116 valence electrons. The van der Waals surface area contributed by atoms with E-state index in [2.05, 4.69) is 47.2 Å². The Labute approximate surface area is 128 Å². The van der Waals surface area contributed by atoms with Crippen LogP contribution in [0.15, 0.2) is 24.3 Å². The Bertz CT molecular complexity index is 481. The minimum atomic E-state index is 0.300. The molecule has 1 aromatic carbocycles. The first kappa shape index (κ1) is 14.7. The van der Waals surface area contributed by atoms with Crippen LogP contribution in [0.2, 0.25) is 0 Å². The van der Waals surface area contributed by atoms with Gasteiger partial charge in [0, 0.05) is 56.1 Å². The second-order valence-electron chi connectivity index (χ2n) is 6.85. The number of nitrogens with one attached hydrogen (secondary N) is 1. The van der Waals surface area contributed by atoms with Gasteiger partial charge in [0.15, 0.2) is 0 Å². The summed E-state index contributed by atoms with van der Waals surface area (Å²) in [6, 6.07) is 9.09. The van der Waals surface area contributed by atoms with Gasteiger partial charge in [-0.2, -0.15) is 0 Å². The quantitative estimate of drug-likeness (QED) is 0.920. The number of anilines is 1. The number of methoxy groups -OCH3 is 1. The van der Waals surface area contributed by atoms with Crippen molar-refractivity contribution in [1.29, 1.82) is 0 Å². The van der Waals surface area contributed by atoms with E-state index in [-0.39, 0.29) is 0 Å². The number of benzene rings is 1. The average Bonchev–Trinajstić information content (AvgIpc) is 2.88. The van der Waals surface area contributed by atoms with Gasteiger partial charge in [0.2, 0.25) is 0 Å². The molecule has 1 atom stereocenters. The van der Waals surface area contributed by atoms with Crippen LogP contribution in [0.5, 0.6) is 5.75 Å². The second kappa shape index (κ2) is 5.85. The highest BCUT2D eigenvalue weighted by Crippen LogP contribution is 2.26. The smallest absolute Gasteiger partial charge is 0.120 e. The van der Waals surface area contributed by atoms with E-state index in [1.54, 1.807) is 7.11 Å². The lowest BCUT2D eigenvalue weighted by Crippen LogP contribution is -2.51. The summed E-state index contributed by atoms with van der Waals surface area (Å²) in [5, 5.41) is 3.63. The minimum Gasteiger partial charge on any atom is -0.497 e. The average molecular weight is 289 g/mol. The first-order valence-electron chi connectivity index (χ1n) is 7.95. The summed E-state index contributed by atoms with van der Waals surface area (Å²) in [5.41, 5.74) is 1.58. The molecule has 2 aliphatic rings. The van der Waals surface area contributed by atoms with E-state index in [1.807, 2.05) is 6.07 Å². The SMILES string of the molecule is COc1cccc(N2CCN(C3CNC(C)(C)C3)CC2)c1. The second-order valence-corrected chi connectivity index (χ2v) is 6.85. The van der Waals surface area contributed by atoms with Gasteiger partial charge in [-0.15, -0.1) is 0 Å². The largest absolute Gasteiger partial charge is 0.497 e. The third-order valence-corrected chi connectivity index (χ3v) is 4.81. The molecular formula is C17H27N3O. The molecule has 4 nitrogen and oxygen atoms in total. The van der Waals surface area contributed by atoms with Crippen LogP contribution < -0.4 is 15.0 Å². The number of hydrogen-bond acceptors (Lipinski definition) is 4. The number of nitrogens with zero attached hydrogens (tertiary/aromatic N) is 2. The normalized spacial score (nSPS) is 26.0. The lowest BCUT2D eigenvalue weighted by atomic mass is 10.0. The first-order valence-corrected chi connectivity index (χ1v) is 7.95. The molecule has 1 N–H and O–H groups in total. The Morgan fingerprint density at radius 1 is 1.19 bits per heavy atom. The van der Waals surface area contributed by atoms with Gasteiger partial charge in [0.1, 0.15) is 5.75 Å². The zero-order chi connectivity index (χ0) is 14.9. The highest BCUT2D eigenvalue weighted by molar-refractivity contribution is 5.51. The Balaban J connectivity index is 1.57. The van der Waals surface area contributed by atoms with Crippen molar-refractivity contribution in [3.05, 3.63) is 24.3 Å². The Kier molecular flexibility index (Phi) is 4.09. The first-order chi connectivity index (χ1) is 10.1. The molecule has 1 unspecified atom stereocenters. The molecule has 4 heteroatoms. The molecule has 0 saturated carbocycles. The molecule has 0 amide bonds. The summed E-state index contributed by atoms with van der Waals surface area (Å²) in [5.74, 6) is 0.941. The molecular weight excluding hydrogens is 262 g/mol. The molecule has 0 aromatic heterocycles. The lowest BCUT2D eigenvalue weighted by molar-refractivity contribution is 0.191. The fourth-order valence-electron chi connectivity index (χ4n) is 3.54. The van der Waals surface area contributed by atoms with Gasteiger partial charge in [0.05, 0.1) is 7.11 Å². The lowest BCUT2D eigenvalue weighted by Gasteiger charge is -2.39. The van der Waals surface area contributed by atoms with Crippen LogP contribution in [0, 0.1) is 0 Å². The molecule has 2 fully saturated rings. The maximum Gasteiger partial charge on any atom is 0.120 e. The van der Waals surface area contributed by atoms with Gasteiger partial charge in [-0.3, -0.25) is 4.90 Å². The Morgan fingerprint density at radius 2 is 1.95 bits per heavy atom. The fourth-order valence-corrected chi connectivity index (χ4v) is 3.54. The van der Waals surface area contributed by atoms with Gasteiger partial charge >= 0.3 is 0 Å². The van der Waals surface area contributed by atoms with E-state index in [0.29, 0.717) is 11.6 Å². The zero-order valence-corrected chi connectivity index (χ0v) is 13.4. The topological polar surface area (TPSA) is 27.7 Å². The van der Waals surface area contributed by atoms with Crippen molar-refractivity contribution in [2.75, 3.05) is 44.7 Å². The van der Waals surface area contributed by atoms with Crippen LogP contribution in [0.25, 0.3) is 0 Å². The van der Waals surface area contributed by atoms with Crippen molar-refractivity contribution in [3.8, 4) is 5.75 Å². The number of hydrogen-bond donors (Lipinski definition) is 1. The van der Waals surface area contributed by atoms with E-state index in [9.17, 15) is 0 Å². The van der Waals surface area contributed by atoms with Crippen LogP contribution in [0.4, 0.5) is 5.69 Å². The predicted molar refractivity (Wildman–Crippen MR) is 87.3 cm³/mol. The van der Waals surface area contributed by atoms with Crippen LogP contribution in [-0.4, -0.2) is 56.3 Å². The third kappa shape index (κ3) is 3.33. The van der Waals surface area contributed by atoms with Gasteiger partial charge in [0.25, 0.3) is 0 Å². The molecule has 2 heterocycles. The maximum absolute atomic E-state index is 5.33. The maximum atomic E-state index is 5.33. The van der Waals surface area contributed by atoms with Crippen molar-refractivity contribution in [2.45, 2.75) is 31.8 Å². The van der Waals surface area contributed by atoms with Gasteiger partial charge in [-0.05, 0) is 32.4 Å². The summed E-state index contributed by atoms with van der Waals surface area (Å²) in [4.78, 5) is 5.12. The van der Waals surface area contributed by atoms with Crippen molar-refractivity contribution in [1.82, 2.24) is 10.2 Å². The van der Waals surface area contributed by atoms with Crippen molar-refractivity contribution in [3.63, 3.8) is 0 Å². The molecule has 0 spiro atoms. The Morgan fingerprint density at radius 3 is 2.57 bits per heavy atom. The van der Waals surface area contributed by atoms with Gasteiger partial charge < -0.3 is 15.0 Å². The number of rotatable bonds is 3. The summed E-state index contributed by atoms with van der Waals surface area (Å²) in [6.07, 6.45) is 1.26. The molecule has 1 aromatic rings. The van der Waals surface area contributed by atoms with Crippen molar-refractivity contribution >= 4 is 5.69 Å². The van der Waals surface area contributed by atoms with Gasteiger partial charge in [-0.1, -0.05) is 6.07 Å². The molecule has 0 radical (unpaired) electrons. The van der Waals surface area contributed by atoms with Crippen molar-refractivity contribution in [2.24, 2.45) is 0 Å². The summed E-state index contributed by atoms with van der Waals surface area (Å²) < 4.78 is 5.33. The minimum absolute atomic E-state index is 0.300. The Hall–Kier alpha value is -1.26. The van der Waals surface area contributed by atoms with Gasteiger partial charge in [-0.25, -0.2) is 0 Å². The van der Waals surface area contributed by atoms with Crippen LogP contribution in [0.3, 0.4) is 0 Å². The highest BCUT2D eigenvalue weighted by atomic mass is 16.5. The van der Waals surface area contributed by atoms with E-state index < -0.39 is 0 Å². The summed E-state index contributed by atoms with van der Waals surface area (Å²) in [6.45, 7) is 10.2.